The number of benzene rings is 1. The third kappa shape index (κ3) is 2.83. The van der Waals surface area contributed by atoms with Gasteiger partial charge in [0.05, 0.1) is 22.2 Å². The second-order valence-electron chi connectivity index (χ2n) is 5.81. The number of esters is 1. The number of rotatable bonds is 5. The minimum absolute atomic E-state index is 0.163. The number of carbonyl (C=O) groups is 2. The van der Waals surface area contributed by atoms with Crippen LogP contribution < -0.4 is 0 Å². The molecule has 6 heteroatoms. The van der Waals surface area contributed by atoms with Crippen LogP contribution in [0.15, 0.2) is 42.6 Å². The SMILES string of the molecule is CN(C)CCOC(=O)c1c2ccccc2n2cc(C(=O)O)ccc12. The molecule has 3 aromatic rings. The Balaban J connectivity index is 2.11. The molecule has 0 saturated heterocycles. The first-order valence-corrected chi connectivity index (χ1v) is 7.57. The number of aromatic nitrogens is 1. The number of carbonyl (C=O) groups excluding carboxylic acids is 1. The van der Waals surface area contributed by atoms with E-state index in [0.717, 1.165) is 10.9 Å². The van der Waals surface area contributed by atoms with Gasteiger partial charge < -0.3 is 19.1 Å². The van der Waals surface area contributed by atoms with E-state index in [0.29, 0.717) is 24.2 Å². The second kappa shape index (κ2) is 6.33. The van der Waals surface area contributed by atoms with Gasteiger partial charge in [-0.15, -0.1) is 0 Å². The van der Waals surface area contributed by atoms with Gasteiger partial charge in [-0.25, -0.2) is 9.59 Å². The summed E-state index contributed by atoms with van der Waals surface area (Å²) >= 11 is 0. The Bertz CT molecular complexity index is 927. The van der Waals surface area contributed by atoms with Crippen molar-refractivity contribution in [3.8, 4) is 0 Å². The predicted octanol–water partition coefficient (Wildman–Crippen LogP) is 2.51. The fourth-order valence-electron chi connectivity index (χ4n) is 2.67. The van der Waals surface area contributed by atoms with Crippen molar-refractivity contribution < 1.29 is 19.4 Å². The van der Waals surface area contributed by atoms with Crippen LogP contribution in [-0.4, -0.2) is 53.6 Å². The number of likely N-dealkylation sites (N-methyl/N-ethyl adjacent to an activating group) is 1. The van der Waals surface area contributed by atoms with Crippen molar-refractivity contribution in [2.24, 2.45) is 0 Å². The average molecular weight is 326 g/mol. The Morgan fingerprint density at radius 1 is 1.12 bits per heavy atom. The lowest BCUT2D eigenvalue weighted by Crippen LogP contribution is -2.20. The number of fused-ring (bicyclic) bond motifs is 3. The molecule has 2 heterocycles. The molecule has 0 radical (unpaired) electrons. The van der Waals surface area contributed by atoms with Gasteiger partial charge in [0.2, 0.25) is 0 Å². The summed E-state index contributed by atoms with van der Waals surface area (Å²) < 4.78 is 7.10. The van der Waals surface area contributed by atoms with E-state index in [-0.39, 0.29) is 5.56 Å². The lowest BCUT2D eigenvalue weighted by atomic mass is 10.1. The zero-order chi connectivity index (χ0) is 17.3. The van der Waals surface area contributed by atoms with Gasteiger partial charge in [-0.1, -0.05) is 18.2 Å². The molecule has 124 valence electrons. The molecule has 6 nitrogen and oxygen atoms in total. The zero-order valence-electron chi connectivity index (χ0n) is 13.5. The number of pyridine rings is 1. The maximum Gasteiger partial charge on any atom is 0.341 e. The lowest BCUT2D eigenvalue weighted by molar-refractivity contribution is 0.0486. The number of carboxylic acids is 1. The number of hydrogen-bond acceptors (Lipinski definition) is 4. The summed E-state index contributed by atoms with van der Waals surface area (Å²) in [4.78, 5) is 25.7. The van der Waals surface area contributed by atoms with Crippen LogP contribution >= 0.6 is 0 Å². The van der Waals surface area contributed by atoms with E-state index in [1.165, 1.54) is 12.3 Å². The Kier molecular flexibility index (Phi) is 4.22. The van der Waals surface area contributed by atoms with Gasteiger partial charge in [0.1, 0.15) is 6.61 Å². The zero-order valence-corrected chi connectivity index (χ0v) is 13.5. The standard InChI is InChI=1S/C18H18N2O4/c1-19(2)9-10-24-18(23)16-13-5-3-4-6-14(13)20-11-12(17(21)22)7-8-15(16)20/h3-8,11H,9-10H2,1-2H3,(H,21,22). The van der Waals surface area contributed by atoms with Crippen molar-refractivity contribution in [1.29, 1.82) is 0 Å². The van der Waals surface area contributed by atoms with Gasteiger partial charge in [-0.3, -0.25) is 0 Å². The quantitative estimate of drug-likeness (QED) is 0.730. The van der Waals surface area contributed by atoms with Crippen LogP contribution in [-0.2, 0) is 4.74 Å². The van der Waals surface area contributed by atoms with Crippen molar-refractivity contribution in [3.63, 3.8) is 0 Å². The molecule has 0 saturated carbocycles. The molecule has 2 aromatic heterocycles. The van der Waals surface area contributed by atoms with E-state index in [1.807, 2.05) is 43.3 Å². The van der Waals surface area contributed by atoms with Crippen LogP contribution in [0.1, 0.15) is 20.7 Å². The van der Waals surface area contributed by atoms with Gasteiger partial charge in [0, 0.05) is 18.1 Å². The fraction of sp³-hybridized carbons (Fsp3) is 0.222. The average Bonchev–Trinajstić information content (AvgIpc) is 2.88. The van der Waals surface area contributed by atoms with Crippen molar-refractivity contribution in [1.82, 2.24) is 9.30 Å². The molecule has 0 bridgehead atoms. The van der Waals surface area contributed by atoms with Gasteiger partial charge in [0.25, 0.3) is 0 Å². The highest BCUT2D eigenvalue weighted by molar-refractivity contribution is 6.12. The van der Waals surface area contributed by atoms with Crippen LogP contribution in [0.4, 0.5) is 0 Å². The molecule has 1 N–H and O–H groups in total. The molecular formula is C18H18N2O4. The van der Waals surface area contributed by atoms with Gasteiger partial charge in [-0.05, 0) is 32.3 Å². The maximum absolute atomic E-state index is 12.6. The summed E-state index contributed by atoms with van der Waals surface area (Å²) in [5.74, 6) is -1.41. The van der Waals surface area contributed by atoms with Crippen LogP contribution in [0.2, 0.25) is 0 Å². The van der Waals surface area contributed by atoms with E-state index in [9.17, 15) is 14.7 Å². The third-order valence-electron chi connectivity index (χ3n) is 3.86. The number of carboxylic acid groups (broad SMARTS) is 1. The topological polar surface area (TPSA) is 71.2 Å². The molecule has 1 aromatic carbocycles. The minimum Gasteiger partial charge on any atom is -0.478 e. The number of para-hydroxylation sites is 1. The molecule has 0 amide bonds. The molecule has 0 spiro atoms. The van der Waals surface area contributed by atoms with E-state index < -0.39 is 11.9 Å². The van der Waals surface area contributed by atoms with Crippen LogP contribution in [0.5, 0.6) is 0 Å². The molecule has 0 fully saturated rings. The number of hydrogen-bond donors (Lipinski definition) is 1. The van der Waals surface area contributed by atoms with Gasteiger partial charge in [0.15, 0.2) is 0 Å². The monoisotopic (exact) mass is 326 g/mol. The van der Waals surface area contributed by atoms with E-state index in [4.69, 9.17) is 4.74 Å². The molecule has 0 aliphatic carbocycles. The maximum atomic E-state index is 12.6. The normalized spacial score (nSPS) is 11.3. The van der Waals surface area contributed by atoms with Crippen LogP contribution in [0.3, 0.4) is 0 Å². The summed E-state index contributed by atoms with van der Waals surface area (Å²) in [6.45, 7) is 0.934. The summed E-state index contributed by atoms with van der Waals surface area (Å²) in [6, 6.07) is 10.5. The molecule has 0 aliphatic rings. The second-order valence-corrected chi connectivity index (χ2v) is 5.81. The summed E-state index contributed by atoms with van der Waals surface area (Å²) in [5, 5.41) is 9.94. The highest BCUT2D eigenvalue weighted by Gasteiger charge is 2.20. The summed E-state index contributed by atoms with van der Waals surface area (Å²) in [7, 11) is 3.81. The van der Waals surface area contributed by atoms with Crippen LogP contribution in [0, 0.1) is 0 Å². The Morgan fingerprint density at radius 3 is 2.58 bits per heavy atom. The number of aromatic carboxylic acids is 1. The van der Waals surface area contributed by atoms with Crippen molar-refractivity contribution >= 4 is 28.4 Å². The lowest BCUT2D eigenvalue weighted by Gasteiger charge is -2.09. The Labute approximate surface area is 138 Å². The first kappa shape index (κ1) is 16.0. The number of ether oxygens (including phenoxy) is 1. The van der Waals surface area contributed by atoms with E-state index in [1.54, 1.807) is 10.5 Å². The van der Waals surface area contributed by atoms with E-state index in [2.05, 4.69) is 0 Å². The van der Waals surface area contributed by atoms with Crippen molar-refractivity contribution in [2.45, 2.75) is 0 Å². The van der Waals surface area contributed by atoms with Crippen molar-refractivity contribution in [3.05, 3.63) is 53.7 Å². The summed E-state index contributed by atoms with van der Waals surface area (Å²) in [5.41, 5.74) is 2.03. The summed E-state index contributed by atoms with van der Waals surface area (Å²) in [6.07, 6.45) is 1.52. The highest BCUT2D eigenvalue weighted by atomic mass is 16.5. The Morgan fingerprint density at radius 2 is 1.88 bits per heavy atom. The van der Waals surface area contributed by atoms with Crippen LogP contribution in [0.25, 0.3) is 16.4 Å². The first-order valence-electron chi connectivity index (χ1n) is 7.57. The van der Waals surface area contributed by atoms with E-state index >= 15 is 0 Å². The molecule has 0 unspecified atom stereocenters. The predicted molar refractivity (Wildman–Crippen MR) is 90.7 cm³/mol. The van der Waals surface area contributed by atoms with Gasteiger partial charge in [-0.2, -0.15) is 0 Å². The largest absolute Gasteiger partial charge is 0.478 e. The third-order valence-corrected chi connectivity index (χ3v) is 3.86. The van der Waals surface area contributed by atoms with Crippen molar-refractivity contribution in [2.75, 3.05) is 27.2 Å². The fourth-order valence-corrected chi connectivity index (χ4v) is 2.67. The molecule has 0 atom stereocenters. The smallest absolute Gasteiger partial charge is 0.341 e. The first-order chi connectivity index (χ1) is 11.5. The molecular weight excluding hydrogens is 308 g/mol. The molecule has 0 aliphatic heterocycles. The number of nitrogens with zero attached hydrogens (tertiary/aromatic N) is 2. The highest BCUT2D eigenvalue weighted by Crippen LogP contribution is 2.27. The minimum atomic E-state index is -1.01. The molecule has 24 heavy (non-hydrogen) atoms. The van der Waals surface area contributed by atoms with Gasteiger partial charge >= 0.3 is 11.9 Å². The Hall–Kier alpha value is -2.86. The molecule has 3 rings (SSSR count).